The van der Waals surface area contributed by atoms with Gasteiger partial charge in [-0.15, -0.1) is 0 Å². The summed E-state index contributed by atoms with van der Waals surface area (Å²) in [4.78, 5) is 11.9. The minimum Gasteiger partial charge on any atom is -0.454 e. The Labute approximate surface area is 140 Å². The second-order valence-corrected chi connectivity index (χ2v) is 5.83. The summed E-state index contributed by atoms with van der Waals surface area (Å²) in [5.74, 6) is 1.16. The van der Waals surface area contributed by atoms with Crippen molar-refractivity contribution >= 4 is 45.2 Å². The first kappa shape index (κ1) is 14.9. The number of fused-ring (bicyclic) bond motifs is 1. The van der Waals surface area contributed by atoms with Crippen LogP contribution in [-0.2, 0) is 4.79 Å². The third kappa shape index (κ3) is 3.43. The van der Waals surface area contributed by atoms with Crippen LogP contribution in [0.15, 0.2) is 46.9 Å². The largest absolute Gasteiger partial charge is 0.454 e. The highest BCUT2D eigenvalue weighted by molar-refractivity contribution is 9.10. The molecule has 6 heteroatoms. The molecule has 22 heavy (non-hydrogen) atoms. The van der Waals surface area contributed by atoms with E-state index in [0.717, 1.165) is 10.0 Å². The van der Waals surface area contributed by atoms with Crippen LogP contribution in [0.5, 0.6) is 11.5 Å². The van der Waals surface area contributed by atoms with E-state index in [1.54, 1.807) is 24.3 Å². The van der Waals surface area contributed by atoms with E-state index in [1.165, 1.54) is 6.08 Å². The number of carbonyl (C=O) groups is 1. The number of hydrogen-bond acceptors (Lipinski definition) is 3. The van der Waals surface area contributed by atoms with Gasteiger partial charge in [-0.1, -0.05) is 17.7 Å². The van der Waals surface area contributed by atoms with Crippen LogP contribution in [0.3, 0.4) is 0 Å². The molecule has 3 rings (SSSR count). The number of carbonyl (C=O) groups excluding carboxylic acids is 1. The van der Waals surface area contributed by atoms with Gasteiger partial charge in [0.25, 0.3) is 0 Å². The maximum atomic E-state index is 11.9. The fourth-order valence-corrected chi connectivity index (χ4v) is 2.37. The molecule has 112 valence electrons. The molecule has 0 unspecified atom stereocenters. The quantitative estimate of drug-likeness (QED) is 0.799. The fourth-order valence-electron chi connectivity index (χ4n) is 1.95. The number of benzene rings is 2. The summed E-state index contributed by atoms with van der Waals surface area (Å²) < 4.78 is 11.3. The molecule has 1 heterocycles. The van der Waals surface area contributed by atoms with E-state index in [9.17, 15) is 4.79 Å². The molecule has 0 saturated heterocycles. The first-order chi connectivity index (χ1) is 10.6. The van der Waals surface area contributed by atoms with Gasteiger partial charge in [0.05, 0.1) is 5.02 Å². The molecule has 0 saturated carbocycles. The van der Waals surface area contributed by atoms with Gasteiger partial charge in [-0.05, 0) is 57.9 Å². The van der Waals surface area contributed by atoms with Gasteiger partial charge in [-0.25, -0.2) is 0 Å². The standard InChI is InChI=1S/C16H11BrClNO3/c17-12-4-3-11(8-13(12)18)19-16(20)6-2-10-1-5-14-15(7-10)22-9-21-14/h1-8H,9H2,(H,19,20)/b6-2+. The molecule has 1 N–H and O–H groups in total. The first-order valence-corrected chi connectivity index (χ1v) is 7.63. The first-order valence-electron chi connectivity index (χ1n) is 6.45. The monoisotopic (exact) mass is 379 g/mol. The summed E-state index contributed by atoms with van der Waals surface area (Å²) >= 11 is 9.28. The normalized spacial score (nSPS) is 12.6. The summed E-state index contributed by atoms with van der Waals surface area (Å²) in [7, 11) is 0. The molecule has 1 aliphatic rings. The van der Waals surface area contributed by atoms with Crippen LogP contribution in [-0.4, -0.2) is 12.7 Å². The second kappa shape index (κ2) is 6.42. The topological polar surface area (TPSA) is 47.6 Å². The number of rotatable bonds is 3. The van der Waals surface area contributed by atoms with Gasteiger partial charge in [-0.2, -0.15) is 0 Å². The number of hydrogen-bond donors (Lipinski definition) is 1. The molecule has 0 bridgehead atoms. The highest BCUT2D eigenvalue weighted by Crippen LogP contribution is 2.32. The van der Waals surface area contributed by atoms with E-state index >= 15 is 0 Å². The van der Waals surface area contributed by atoms with Gasteiger partial charge in [0, 0.05) is 16.2 Å². The Hall–Kier alpha value is -1.98. The summed E-state index contributed by atoms with van der Waals surface area (Å²) in [5.41, 5.74) is 1.49. The van der Waals surface area contributed by atoms with Crippen LogP contribution in [0.25, 0.3) is 6.08 Å². The molecule has 2 aromatic rings. The van der Waals surface area contributed by atoms with E-state index in [-0.39, 0.29) is 12.7 Å². The average Bonchev–Trinajstić information content (AvgIpc) is 2.96. The van der Waals surface area contributed by atoms with Gasteiger partial charge in [0.15, 0.2) is 11.5 Å². The maximum absolute atomic E-state index is 11.9. The van der Waals surface area contributed by atoms with Gasteiger partial charge >= 0.3 is 0 Å². The zero-order valence-electron chi connectivity index (χ0n) is 11.3. The van der Waals surface area contributed by atoms with Crippen molar-refractivity contribution in [3.05, 3.63) is 57.5 Å². The summed E-state index contributed by atoms with van der Waals surface area (Å²) in [6.07, 6.45) is 3.16. The minimum atomic E-state index is -0.240. The van der Waals surface area contributed by atoms with Crippen molar-refractivity contribution in [2.45, 2.75) is 0 Å². The van der Waals surface area contributed by atoms with Crippen LogP contribution in [0.4, 0.5) is 5.69 Å². The van der Waals surface area contributed by atoms with Crippen LogP contribution in [0, 0.1) is 0 Å². The molecular formula is C16H11BrClNO3. The summed E-state index contributed by atoms with van der Waals surface area (Å²) in [5, 5.41) is 3.28. The van der Waals surface area contributed by atoms with Crippen LogP contribution in [0.2, 0.25) is 5.02 Å². The summed E-state index contributed by atoms with van der Waals surface area (Å²) in [6.45, 7) is 0.229. The van der Waals surface area contributed by atoms with Crippen molar-refractivity contribution in [3.63, 3.8) is 0 Å². The molecule has 0 radical (unpaired) electrons. The van der Waals surface area contributed by atoms with Gasteiger partial charge in [0.2, 0.25) is 12.7 Å². The van der Waals surface area contributed by atoms with Crippen molar-refractivity contribution in [1.82, 2.24) is 0 Å². The van der Waals surface area contributed by atoms with E-state index in [2.05, 4.69) is 21.2 Å². The smallest absolute Gasteiger partial charge is 0.248 e. The van der Waals surface area contributed by atoms with Gasteiger partial charge < -0.3 is 14.8 Å². The molecule has 0 atom stereocenters. The van der Waals surface area contributed by atoms with E-state index < -0.39 is 0 Å². The Morgan fingerprint density at radius 2 is 2.00 bits per heavy atom. The van der Waals surface area contributed by atoms with Gasteiger partial charge in [-0.3, -0.25) is 4.79 Å². The Balaban J connectivity index is 1.67. The van der Waals surface area contributed by atoms with E-state index in [0.29, 0.717) is 22.2 Å². The Morgan fingerprint density at radius 3 is 2.82 bits per heavy atom. The fraction of sp³-hybridized carbons (Fsp3) is 0.0625. The zero-order valence-corrected chi connectivity index (χ0v) is 13.6. The zero-order chi connectivity index (χ0) is 15.5. The highest BCUT2D eigenvalue weighted by Gasteiger charge is 2.12. The maximum Gasteiger partial charge on any atom is 0.248 e. The third-order valence-corrected chi connectivity index (χ3v) is 4.24. The summed E-state index contributed by atoms with van der Waals surface area (Å²) in [6, 6.07) is 10.7. The number of amides is 1. The molecule has 0 aromatic heterocycles. The predicted octanol–water partition coefficient (Wildman–Crippen LogP) is 4.48. The predicted molar refractivity (Wildman–Crippen MR) is 89.4 cm³/mol. The molecule has 0 spiro atoms. The van der Waals surface area contributed by atoms with Crippen molar-refractivity contribution in [2.75, 3.05) is 12.1 Å². The molecular weight excluding hydrogens is 370 g/mol. The van der Waals surface area contributed by atoms with Gasteiger partial charge in [0.1, 0.15) is 0 Å². The second-order valence-electron chi connectivity index (χ2n) is 4.56. The van der Waals surface area contributed by atoms with Crippen LogP contribution < -0.4 is 14.8 Å². The lowest BCUT2D eigenvalue weighted by atomic mass is 10.2. The minimum absolute atomic E-state index is 0.229. The Morgan fingerprint density at radius 1 is 1.18 bits per heavy atom. The van der Waals surface area contributed by atoms with Crippen LogP contribution in [0.1, 0.15) is 5.56 Å². The van der Waals surface area contributed by atoms with Crippen molar-refractivity contribution in [1.29, 1.82) is 0 Å². The highest BCUT2D eigenvalue weighted by atomic mass is 79.9. The lowest BCUT2D eigenvalue weighted by Crippen LogP contribution is -2.07. The SMILES string of the molecule is O=C(/C=C/c1ccc2c(c1)OCO2)Nc1ccc(Br)c(Cl)c1. The Kier molecular flexibility index (Phi) is 4.36. The average molecular weight is 381 g/mol. The number of anilines is 1. The lowest BCUT2D eigenvalue weighted by Gasteiger charge is -2.03. The van der Waals surface area contributed by atoms with Crippen LogP contribution >= 0.6 is 27.5 Å². The Bertz CT molecular complexity index is 761. The van der Waals surface area contributed by atoms with Crippen molar-refractivity contribution in [2.24, 2.45) is 0 Å². The van der Waals surface area contributed by atoms with Crippen molar-refractivity contribution in [3.8, 4) is 11.5 Å². The molecule has 1 aliphatic heterocycles. The molecule has 0 fully saturated rings. The molecule has 0 aliphatic carbocycles. The molecule has 4 nitrogen and oxygen atoms in total. The van der Waals surface area contributed by atoms with Crippen molar-refractivity contribution < 1.29 is 14.3 Å². The lowest BCUT2D eigenvalue weighted by molar-refractivity contribution is -0.111. The number of nitrogens with one attached hydrogen (secondary N) is 1. The van der Waals surface area contributed by atoms with E-state index in [4.69, 9.17) is 21.1 Å². The molecule has 2 aromatic carbocycles. The third-order valence-electron chi connectivity index (χ3n) is 3.01. The molecule has 1 amide bonds. The number of ether oxygens (including phenoxy) is 2. The number of halogens is 2. The van der Waals surface area contributed by atoms with E-state index in [1.807, 2.05) is 18.2 Å².